The number of aromatic nitrogens is 1. The molecule has 0 radical (unpaired) electrons. The molecule has 2 rings (SSSR count). The minimum atomic E-state index is -0.250. The zero-order chi connectivity index (χ0) is 17.6. The van der Waals surface area contributed by atoms with Gasteiger partial charge in [-0.2, -0.15) is 0 Å². The third-order valence-corrected chi connectivity index (χ3v) is 3.41. The summed E-state index contributed by atoms with van der Waals surface area (Å²) < 4.78 is 19.4. The summed E-state index contributed by atoms with van der Waals surface area (Å²) in [5.74, 6) is 1.78. The van der Waals surface area contributed by atoms with Crippen molar-refractivity contribution in [3.05, 3.63) is 53.5 Å². The number of hydrogen-bond acceptors (Lipinski definition) is 3. The third kappa shape index (κ3) is 6.64. The Kier molecular flexibility index (Phi) is 8.34. The van der Waals surface area contributed by atoms with Crippen LogP contribution >= 0.6 is 24.0 Å². The van der Waals surface area contributed by atoms with E-state index in [1.807, 2.05) is 6.92 Å². The number of rotatable bonds is 5. The van der Waals surface area contributed by atoms with E-state index >= 15 is 0 Å². The van der Waals surface area contributed by atoms with Gasteiger partial charge in [0, 0.05) is 17.5 Å². The summed E-state index contributed by atoms with van der Waals surface area (Å²) in [6.07, 6.45) is 1.75. The number of oxazole rings is 1. The van der Waals surface area contributed by atoms with E-state index in [0.717, 1.165) is 5.76 Å². The van der Waals surface area contributed by atoms with Crippen molar-refractivity contribution >= 4 is 29.9 Å². The Morgan fingerprint density at radius 3 is 2.56 bits per heavy atom. The molecule has 1 aromatic carbocycles. The van der Waals surface area contributed by atoms with Crippen molar-refractivity contribution in [3.63, 3.8) is 0 Å². The highest BCUT2D eigenvalue weighted by molar-refractivity contribution is 14.0. The molecule has 0 spiro atoms. The molecule has 0 fully saturated rings. The van der Waals surface area contributed by atoms with Gasteiger partial charge >= 0.3 is 0 Å². The normalized spacial score (nSPS) is 11.8. The number of guanidine groups is 1. The number of nitrogens with one attached hydrogen (secondary N) is 2. The van der Waals surface area contributed by atoms with Crippen LogP contribution in [0.2, 0.25) is 0 Å². The second-order valence-corrected chi connectivity index (χ2v) is 6.51. The van der Waals surface area contributed by atoms with Crippen LogP contribution in [0.25, 0.3) is 0 Å². The van der Waals surface area contributed by atoms with Crippen LogP contribution in [0.4, 0.5) is 4.39 Å². The van der Waals surface area contributed by atoms with Gasteiger partial charge in [-0.15, -0.1) is 24.0 Å². The molecule has 0 saturated carbocycles. The van der Waals surface area contributed by atoms with Gasteiger partial charge in [-0.1, -0.05) is 39.0 Å². The fourth-order valence-electron chi connectivity index (χ4n) is 2.03. The van der Waals surface area contributed by atoms with Gasteiger partial charge in [-0.25, -0.2) is 14.4 Å². The largest absolute Gasteiger partial charge is 0.443 e. The van der Waals surface area contributed by atoms with Crippen LogP contribution in [-0.4, -0.2) is 17.5 Å². The number of halogens is 2. The van der Waals surface area contributed by atoms with E-state index in [0.29, 0.717) is 30.5 Å². The summed E-state index contributed by atoms with van der Waals surface area (Å²) in [5, 5.41) is 6.28. The summed E-state index contributed by atoms with van der Waals surface area (Å²) in [6.45, 7) is 9.59. The SMILES string of the molecule is CCNC(=NCc1ccccc1F)NCc1ncc(C(C)(C)C)o1.I. The van der Waals surface area contributed by atoms with Crippen molar-refractivity contribution in [2.75, 3.05) is 6.54 Å². The molecule has 0 amide bonds. The molecule has 5 nitrogen and oxygen atoms in total. The monoisotopic (exact) mass is 460 g/mol. The number of benzene rings is 1. The Labute approximate surface area is 165 Å². The van der Waals surface area contributed by atoms with Gasteiger partial charge < -0.3 is 15.1 Å². The molecular formula is C18H26FIN4O. The minimum Gasteiger partial charge on any atom is -0.443 e. The molecule has 2 aromatic rings. The molecule has 0 atom stereocenters. The molecule has 2 N–H and O–H groups in total. The van der Waals surface area contributed by atoms with Crippen molar-refractivity contribution in [1.82, 2.24) is 15.6 Å². The maximum absolute atomic E-state index is 13.7. The molecule has 0 aliphatic heterocycles. The molecule has 0 saturated heterocycles. The maximum Gasteiger partial charge on any atom is 0.213 e. The first-order chi connectivity index (χ1) is 11.4. The van der Waals surface area contributed by atoms with E-state index in [-0.39, 0.29) is 41.8 Å². The zero-order valence-corrected chi connectivity index (χ0v) is 17.4. The lowest BCUT2D eigenvalue weighted by molar-refractivity contribution is 0.379. The van der Waals surface area contributed by atoms with Crippen LogP contribution < -0.4 is 10.6 Å². The summed E-state index contributed by atoms with van der Waals surface area (Å²) in [5.41, 5.74) is 0.482. The summed E-state index contributed by atoms with van der Waals surface area (Å²) in [7, 11) is 0. The van der Waals surface area contributed by atoms with Crippen molar-refractivity contribution in [3.8, 4) is 0 Å². The second kappa shape index (κ2) is 9.74. The molecule has 0 bridgehead atoms. The van der Waals surface area contributed by atoms with Crippen molar-refractivity contribution in [2.24, 2.45) is 4.99 Å². The highest BCUT2D eigenvalue weighted by Crippen LogP contribution is 2.22. The standard InChI is InChI=1S/C18H25FN4O.HI/c1-5-20-17(22-10-13-8-6-7-9-14(13)19)23-12-16-21-11-15(24-16)18(2,3)4;/h6-9,11H,5,10,12H2,1-4H3,(H2,20,22,23);1H. The van der Waals surface area contributed by atoms with Crippen LogP contribution in [0, 0.1) is 5.82 Å². The summed E-state index contributed by atoms with van der Waals surface area (Å²) >= 11 is 0. The fraction of sp³-hybridized carbons (Fsp3) is 0.444. The topological polar surface area (TPSA) is 62.5 Å². The lowest BCUT2D eigenvalue weighted by atomic mass is 9.94. The Morgan fingerprint density at radius 2 is 1.96 bits per heavy atom. The Hall–Kier alpha value is -1.64. The predicted molar refractivity (Wildman–Crippen MR) is 109 cm³/mol. The Balaban J connectivity index is 0.00000312. The highest BCUT2D eigenvalue weighted by atomic mass is 127. The molecule has 1 aromatic heterocycles. The van der Waals surface area contributed by atoms with Crippen molar-refractivity contribution in [2.45, 2.75) is 46.2 Å². The van der Waals surface area contributed by atoms with Crippen LogP contribution in [-0.2, 0) is 18.5 Å². The lowest BCUT2D eigenvalue weighted by Gasteiger charge is -2.13. The smallest absolute Gasteiger partial charge is 0.213 e. The van der Waals surface area contributed by atoms with Crippen LogP contribution in [0.3, 0.4) is 0 Å². The summed E-state index contributed by atoms with van der Waals surface area (Å²) in [4.78, 5) is 8.68. The van der Waals surface area contributed by atoms with Gasteiger partial charge in [0.2, 0.25) is 5.89 Å². The quantitative estimate of drug-likeness (QED) is 0.403. The molecule has 0 unspecified atom stereocenters. The van der Waals surface area contributed by atoms with E-state index < -0.39 is 0 Å². The second-order valence-electron chi connectivity index (χ2n) is 6.51. The number of aliphatic imine (C=N–C) groups is 1. The molecular weight excluding hydrogens is 434 g/mol. The average Bonchev–Trinajstić information content (AvgIpc) is 3.00. The van der Waals surface area contributed by atoms with E-state index in [1.165, 1.54) is 6.07 Å². The van der Waals surface area contributed by atoms with Gasteiger partial charge in [-0.3, -0.25) is 0 Å². The van der Waals surface area contributed by atoms with Crippen LogP contribution in [0.15, 0.2) is 39.9 Å². The minimum absolute atomic E-state index is 0. The van der Waals surface area contributed by atoms with E-state index in [2.05, 4.69) is 41.4 Å². The first-order valence-electron chi connectivity index (χ1n) is 8.11. The van der Waals surface area contributed by atoms with Gasteiger partial charge in [0.25, 0.3) is 0 Å². The highest BCUT2D eigenvalue weighted by Gasteiger charge is 2.19. The molecule has 25 heavy (non-hydrogen) atoms. The Morgan fingerprint density at radius 1 is 1.24 bits per heavy atom. The van der Waals surface area contributed by atoms with Crippen molar-refractivity contribution < 1.29 is 8.81 Å². The third-order valence-electron chi connectivity index (χ3n) is 3.41. The van der Waals surface area contributed by atoms with Gasteiger partial charge in [0.1, 0.15) is 11.6 Å². The van der Waals surface area contributed by atoms with Crippen LogP contribution in [0.5, 0.6) is 0 Å². The lowest BCUT2D eigenvalue weighted by Crippen LogP contribution is -2.36. The first-order valence-corrected chi connectivity index (χ1v) is 8.11. The fourth-order valence-corrected chi connectivity index (χ4v) is 2.03. The van der Waals surface area contributed by atoms with Crippen LogP contribution in [0.1, 0.15) is 44.9 Å². The Bertz CT molecular complexity index is 694. The van der Waals surface area contributed by atoms with Gasteiger partial charge in [0.15, 0.2) is 5.96 Å². The molecule has 0 aliphatic carbocycles. The molecule has 7 heteroatoms. The molecule has 1 heterocycles. The van der Waals surface area contributed by atoms with Gasteiger partial charge in [-0.05, 0) is 13.0 Å². The molecule has 0 aliphatic rings. The van der Waals surface area contributed by atoms with E-state index in [1.54, 1.807) is 24.4 Å². The maximum atomic E-state index is 13.7. The van der Waals surface area contributed by atoms with Crippen molar-refractivity contribution in [1.29, 1.82) is 0 Å². The van der Waals surface area contributed by atoms with E-state index in [9.17, 15) is 4.39 Å². The summed E-state index contributed by atoms with van der Waals surface area (Å²) in [6, 6.07) is 6.63. The number of hydrogen-bond donors (Lipinski definition) is 2. The first kappa shape index (κ1) is 21.4. The van der Waals surface area contributed by atoms with Gasteiger partial charge in [0.05, 0.1) is 19.3 Å². The predicted octanol–water partition coefficient (Wildman–Crippen LogP) is 3.98. The number of nitrogens with zero attached hydrogens (tertiary/aromatic N) is 2. The zero-order valence-electron chi connectivity index (χ0n) is 15.1. The average molecular weight is 460 g/mol. The molecule has 138 valence electrons. The van der Waals surface area contributed by atoms with E-state index in [4.69, 9.17) is 4.42 Å².